The summed E-state index contributed by atoms with van der Waals surface area (Å²) in [6, 6.07) is 21.3. The summed E-state index contributed by atoms with van der Waals surface area (Å²) < 4.78 is 9.34. The number of rotatable bonds is 13. The lowest BCUT2D eigenvalue weighted by molar-refractivity contribution is -0.384. The highest BCUT2D eigenvalue weighted by molar-refractivity contribution is 7.98. The van der Waals surface area contributed by atoms with Crippen LogP contribution in [0.15, 0.2) is 84.1 Å². The minimum Gasteiger partial charge on any atom is -0.455 e. The molecule has 2 saturated heterocycles. The molecule has 4 aliphatic rings. The number of carbonyl (C=O) groups is 1. The molecule has 1 atom stereocenters. The molecule has 2 aliphatic carbocycles. The molecule has 5 aromatic rings. The van der Waals surface area contributed by atoms with Gasteiger partial charge in [0.1, 0.15) is 17.1 Å². The van der Waals surface area contributed by atoms with Crippen LogP contribution in [0.3, 0.4) is 0 Å². The zero-order chi connectivity index (χ0) is 42.8. The third-order valence-corrected chi connectivity index (χ3v) is 14.6. The summed E-state index contributed by atoms with van der Waals surface area (Å²) in [7, 11) is 0. The van der Waals surface area contributed by atoms with Crippen molar-refractivity contribution in [1.82, 2.24) is 29.9 Å². The predicted octanol–water partition coefficient (Wildman–Crippen LogP) is 8.54. The fraction of sp³-hybridized carbons (Fsp3) is 0.468. The number of carbonyl (C=O) groups excluding carboxylic acids is 1. The normalized spacial score (nSPS) is 21.8. The van der Waals surface area contributed by atoms with Gasteiger partial charge in [-0.1, -0.05) is 38.1 Å². The van der Waals surface area contributed by atoms with Crippen molar-refractivity contribution < 1.29 is 14.5 Å². The Balaban J connectivity index is 0.870. The maximum Gasteiger partial charge on any atom is 0.312 e. The van der Waals surface area contributed by atoms with Crippen LogP contribution in [0.2, 0.25) is 0 Å². The first-order chi connectivity index (χ1) is 30.1. The Morgan fingerprint density at radius 1 is 1.03 bits per heavy atom. The van der Waals surface area contributed by atoms with Crippen molar-refractivity contribution in [3.8, 4) is 11.5 Å². The molecule has 326 valence electrons. The van der Waals surface area contributed by atoms with Crippen LogP contribution in [-0.2, 0) is 0 Å². The SMILES string of the molecule is CC(C)c1ccccc1[C@@H]1CNCCN1C1CC2(CCN(c3ccc(C(=O)NSc4cnc(NCC5CCC(N)CC5)c([N+](=O)[O-])c4)c(Oc4cnc5[nH]ccc5c4)c3)CC2)C1. The van der Waals surface area contributed by atoms with Crippen LogP contribution in [0.25, 0.3) is 11.0 Å². The number of pyridine rings is 2. The van der Waals surface area contributed by atoms with Gasteiger partial charge in [-0.3, -0.25) is 24.5 Å². The molecule has 2 aliphatic heterocycles. The molecule has 0 unspecified atom stereocenters. The van der Waals surface area contributed by atoms with Crippen molar-refractivity contribution >= 4 is 46.1 Å². The molecule has 3 aromatic heterocycles. The molecule has 1 spiro atoms. The molecule has 0 radical (unpaired) electrons. The molecule has 6 N–H and O–H groups in total. The average Bonchev–Trinajstić information content (AvgIpc) is 3.75. The van der Waals surface area contributed by atoms with Gasteiger partial charge in [0, 0.05) is 93.0 Å². The lowest BCUT2D eigenvalue weighted by atomic mass is 9.59. The number of H-pyrrole nitrogens is 1. The first-order valence-electron chi connectivity index (χ1n) is 22.3. The van der Waals surface area contributed by atoms with E-state index in [4.69, 9.17) is 10.5 Å². The zero-order valence-electron chi connectivity index (χ0n) is 35.6. The van der Waals surface area contributed by atoms with Crippen molar-refractivity contribution in [2.75, 3.05) is 49.5 Å². The molecule has 14 nitrogen and oxygen atoms in total. The van der Waals surface area contributed by atoms with Crippen LogP contribution in [0.5, 0.6) is 11.5 Å². The third-order valence-electron chi connectivity index (χ3n) is 13.8. The van der Waals surface area contributed by atoms with Gasteiger partial charge in [-0.05, 0) is 116 Å². The van der Waals surface area contributed by atoms with Crippen molar-refractivity contribution in [3.63, 3.8) is 0 Å². The van der Waals surface area contributed by atoms with Crippen molar-refractivity contribution in [2.45, 2.75) is 94.2 Å². The van der Waals surface area contributed by atoms with E-state index >= 15 is 0 Å². The molecule has 0 bridgehead atoms. The minimum atomic E-state index is -0.445. The number of nitrogens with zero attached hydrogens (tertiary/aromatic N) is 5. The number of aromatic amines is 1. The van der Waals surface area contributed by atoms with E-state index < -0.39 is 10.8 Å². The number of nitrogens with one attached hydrogen (secondary N) is 4. The van der Waals surface area contributed by atoms with Crippen LogP contribution < -0.4 is 30.7 Å². The smallest absolute Gasteiger partial charge is 0.312 e. The van der Waals surface area contributed by atoms with Crippen LogP contribution in [0, 0.1) is 21.4 Å². The van der Waals surface area contributed by atoms with E-state index in [0.29, 0.717) is 57.8 Å². The number of anilines is 2. The summed E-state index contributed by atoms with van der Waals surface area (Å²) in [5.41, 5.74) is 11.3. The molecule has 15 heteroatoms. The van der Waals surface area contributed by atoms with Crippen LogP contribution >= 0.6 is 11.9 Å². The van der Waals surface area contributed by atoms with Gasteiger partial charge < -0.3 is 31.0 Å². The summed E-state index contributed by atoms with van der Waals surface area (Å²) in [5, 5.41) is 19.8. The maximum absolute atomic E-state index is 13.9. The second kappa shape index (κ2) is 18.2. The molecule has 5 heterocycles. The average molecular weight is 859 g/mol. The van der Waals surface area contributed by atoms with E-state index in [0.717, 1.165) is 99.9 Å². The fourth-order valence-corrected chi connectivity index (χ4v) is 10.8. The molecule has 2 aromatic carbocycles. The van der Waals surface area contributed by atoms with Gasteiger partial charge in [0.25, 0.3) is 5.91 Å². The summed E-state index contributed by atoms with van der Waals surface area (Å²) >= 11 is 0.982. The topological polar surface area (TPSA) is 180 Å². The number of hydrogen-bond acceptors (Lipinski definition) is 12. The van der Waals surface area contributed by atoms with Gasteiger partial charge in [0.05, 0.1) is 21.6 Å². The Morgan fingerprint density at radius 2 is 1.84 bits per heavy atom. The summed E-state index contributed by atoms with van der Waals surface area (Å²) in [6.07, 6.45) is 13.6. The summed E-state index contributed by atoms with van der Waals surface area (Å²) in [4.78, 5) is 43.2. The van der Waals surface area contributed by atoms with Gasteiger partial charge in [-0.2, -0.15) is 0 Å². The lowest BCUT2D eigenvalue weighted by Gasteiger charge is -2.57. The first kappa shape index (κ1) is 42.1. The number of nitro groups is 1. The Kier molecular flexibility index (Phi) is 12.4. The highest BCUT2D eigenvalue weighted by Gasteiger charge is 2.49. The first-order valence-corrected chi connectivity index (χ1v) is 23.1. The van der Waals surface area contributed by atoms with Crippen LogP contribution in [-0.4, -0.2) is 82.0 Å². The molecular weight excluding hydrogens is 801 g/mol. The van der Waals surface area contributed by atoms with E-state index in [-0.39, 0.29) is 17.5 Å². The van der Waals surface area contributed by atoms with E-state index in [1.165, 1.54) is 36.2 Å². The van der Waals surface area contributed by atoms with E-state index in [9.17, 15) is 14.9 Å². The van der Waals surface area contributed by atoms with Crippen molar-refractivity contribution in [3.05, 3.63) is 106 Å². The Morgan fingerprint density at radius 3 is 2.63 bits per heavy atom. The number of fused-ring (bicyclic) bond motifs is 1. The number of aromatic nitrogens is 3. The minimum absolute atomic E-state index is 0.140. The fourth-order valence-electron chi connectivity index (χ4n) is 10.2. The number of benzene rings is 2. The molecular formula is C47H58N10O4S. The van der Waals surface area contributed by atoms with E-state index in [1.54, 1.807) is 12.3 Å². The van der Waals surface area contributed by atoms with Gasteiger partial charge in [-0.25, -0.2) is 9.97 Å². The number of ether oxygens (including phenoxy) is 1. The van der Waals surface area contributed by atoms with Gasteiger partial charge >= 0.3 is 5.69 Å². The van der Waals surface area contributed by atoms with E-state index in [2.05, 4.69) is 78.2 Å². The number of piperazine rings is 1. The van der Waals surface area contributed by atoms with Crippen LogP contribution in [0.4, 0.5) is 17.2 Å². The number of nitrogens with two attached hydrogens (primary N) is 1. The molecule has 4 fully saturated rings. The van der Waals surface area contributed by atoms with Gasteiger partial charge in [-0.15, -0.1) is 0 Å². The van der Waals surface area contributed by atoms with Crippen molar-refractivity contribution in [2.24, 2.45) is 17.1 Å². The number of hydrogen-bond donors (Lipinski definition) is 5. The second-order valence-electron chi connectivity index (χ2n) is 18.2. The van der Waals surface area contributed by atoms with Crippen LogP contribution in [0.1, 0.15) is 98.7 Å². The second-order valence-corrected chi connectivity index (χ2v) is 19.0. The quantitative estimate of drug-likeness (QED) is 0.0434. The summed E-state index contributed by atoms with van der Waals surface area (Å²) in [5.74, 6) is 1.62. The monoisotopic (exact) mass is 858 g/mol. The van der Waals surface area contributed by atoms with Crippen molar-refractivity contribution in [1.29, 1.82) is 0 Å². The Hall–Kier alpha value is -5.22. The largest absolute Gasteiger partial charge is 0.455 e. The molecule has 2 saturated carbocycles. The van der Waals surface area contributed by atoms with E-state index in [1.807, 2.05) is 30.5 Å². The standard InChI is InChI=1S/C47H58N10O4S/c1-30(2)38-5-3-4-6-39(38)42-29-49-17-20-56(42)35-24-47(25-35)14-18-55(19-15-47)34-11-12-40(43(22-34)61-36-21-32-13-16-50-44(32)52-27-36)46(58)54-62-37-23-41(57(59)60)45(53-28-37)51-26-31-7-9-33(48)10-8-31/h3-6,11-13,16,21-23,27-28,30-31,33,35,42,49H,7-10,14-15,17-20,24-26,29,48H2,1-2H3,(H,50,52)(H,51,53)(H,54,58)/t31?,33?,42-/m0/s1. The Bertz CT molecular complexity index is 2380. The number of piperidine rings is 1. The highest BCUT2D eigenvalue weighted by atomic mass is 32.2. The van der Waals surface area contributed by atoms with Gasteiger partial charge in [0.15, 0.2) is 0 Å². The third kappa shape index (κ3) is 9.12. The maximum atomic E-state index is 13.9. The highest BCUT2D eigenvalue weighted by Crippen LogP contribution is 2.53. The lowest BCUT2D eigenvalue weighted by Crippen LogP contribution is -2.59. The summed E-state index contributed by atoms with van der Waals surface area (Å²) in [6.45, 7) is 10.2. The molecule has 62 heavy (non-hydrogen) atoms. The zero-order valence-corrected chi connectivity index (χ0v) is 36.5. The molecule has 9 rings (SSSR count). The Labute approximate surface area is 367 Å². The number of amides is 1. The molecule has 1 amide bonds. The predicted molar refractivity (Wildman–Crippen MR) is 245 cm³/mol. The van der Waals surface area contributed by atoms with Gasteiger partial charge in [0.2, 0.25) is 5.82 Å².